The van der Waals surface area contributed by atoms with Gasteiger partial charge in [0.05, 0.1) is 23.3 Å². The summed E-state index contributed by atoms with van der Waals surface area (Å²) in [5.74, 6) is -2.87. The predicted molar refractivity (Wildman–Crippen MR) is 51.9 cm³/mol. The number of carbonyl (C=O) groups is 3. The lowest BCUT2D eigenvalue weighted by Crippen LogP contribution is -2.64. The number of esters is 2. The number of hydrogen-bond acceptors (Lipinski definition) is 4. The summed E-state index contributed by atoms with van der Waals surface area (Å²) in [6.45, 7) is 1.79. The second kappa shape index (κ2) is 2.53. The molecule has 16 heavy (non-hydrogen) atoms. The monoisotopic (exact) mass is 221 g/mol. The van der Waals surface area contributed by atoms with Gasteiger partial charge in [-0.15, -0.1) is 0 Å². The Hall–Kier alpha value is -1.65. The van der Waals surface area contributed by atoms with E-state index in [0.29, 0.717) is 0 Å². The maximum Gasteiger partial charge on any atom is 0.320 e. The number of carbonyl (C=O) groups excluding carboxylic acids is 3. The molecule has 0 aromatic heterocycles. The maximum atomic E-state index is 11.9. The molecule has 0 radical (unpaired) electrons. The fourth-order valence-corrected chi connectivity index (χ4v) is 3.01. The molecule has 5 heteroatoms. The van der Waals surface area contributed by atoms with Crippen LogP contribution in [0.25, 0.3) is 0 Å². The van der Waals surface area contributed by atoms with Crippen LogP contribution in [0.5, 0.6) is 0 Å². The quantitative estimate of drug-likeness (QED) is 0.320. The predicted octanol–water partition coefficient (Wildman–Crippen LogP) is -0.281. The molecule has 1 aliphatic carbocycles. The first-order valence-corrected chi connectivity index (χ1v) is 5.19. The molecule has 4 rings (SSSR count). The summed E-state index contributed by atoms with van der Waals surface area (Å²) in [6.07, 6.45) is 3.56. The van der Waals surface area contributed by atoms with Crippen LogP contribution in [0.3, 0.4) is 0 Å². The van der Waals surface area contributed by atoms with Gasteiger partial charge in [-0.2, -0.15) is 0 Å². The van der Waals surface area contributed by atoms with Crippen molar-refractivity contribution in [3.8, 4) is 0 Å². The molecule has 3 aliphatic heterocycles. The zero-order valence-electron chi connectivity index (χ0n) is 8.97. The Labute approximate surface area is 92.0 Å². The molecule has 2 saturated heterocycles. The van der Waals surface area contributed by atoms with E-state index >= 15 is 0 Å². The molecule has 0 saturated carbocycles. The molecule has 2 fully saturated rings. The molecule has 4 atom stereocenters. The lowest BCUT2D eigenvalue weighted by atomic mass is 9.63. The first-order valence-electron chi connectivity index (χ1n) is 5.19. The van der Waals surface area contributed by atoms with Crippen LogP contribution in [0.2, 0.25) is 0 Å². The molecule has 3 heterocycles. The van der Waals surface area contributed by atoms with Crippen molar-refractivity contribution >= 4 is 17.8 Å². The minimum absolute atomic E-state index is 0.113. The zero-order chi connectivity index (χ0) is 11.7. The standard InChI is InChI=1S/C11H11NO4/c1-11-4-3-5(8(13)12(11)2)6-7(11)10(15)16-9(6)14/h3-7H,1-2H3/t5-,6-,7+,11-/m0/s1. The van der Waals surface area contributed by atoms with E-state index in [2.05, 4.69) is 4.74 Å². The summed E-state index contributed by atoms with van der Waals surface area (Å²) < 4.78 is 4.65. The van der Waals surface area contributed by atoms with Crippen molar-refractivity contribution in [2.24, 2.45) is 17.8 Å². The number of rotatable bonds is 0. The number of hydrogen-bond donors (Lipinski definition) is 0. The SMILES string of the molecule is CN1C(=O)[C@H]2C=C[C@@]1(C)[C@H]1C(=O)OC(=O)[C@@H]21. The van der Waals surface area contributed by atoms with Crippen molar-refractivity contribution < 1.29 is 19.1 Å². The van der Waals surface area contributed by atoms with Crippen molar-refractivity contribution in [2.45, 2.75) is 12.5 Å². The number of nitrogens with zero attached hydrogens (tertiary/aromatic N) is 1. The average Bonchev–Trinajstić information content (AvgIpc) is 2.53. The molecule has 5 nitrogen and oxygen atoms in total. The van der Waals surface area contributed by atoms with E-state index in [0.717, 1.165) is 0 Å². The van der Waals surface area contributed by atoms with E-state index < -0.39 is 35.2 Å². The van der Waals surface area contributed by atoms with Crippen molar-refractivity contribution in [1.82, 2.24) is 4.90 Å². The van der Waals surface area contributed by atoms with Gasteiger partial charge in [-0.1, -0.05) is 12.2 Å². The van der Waals surface area contributed by atoms with Crippen LogP contribution in [-0.4, -0.2) is 35.3 Å². The van der Waals surface area contributed by atoms with Gasteiger partial charge in [0.25, 0.3) is 0 Å². The zero-order valence-corrected chi connectivity index (χ0v) is 8.97. The van der Waals surface area contributed by atoms with Gasteiger partial charge in [0, 0.05) is 7.05 Å². The highest BCUT2D eigenvalue weighted by Gasteiger charge is 2.65. The minimum atomic E-state index is -0.722. The highest BCUT2D eigenvalue weighted by molar-refractivity contribution is 6.03. The third-order valence-electron chi connectivity index (χ3n) is 4.08. The number of likely N-dealkylation sites (N-methyl/N-ethyl adjacent to an activating group) is 1. The Balaban J connectivity index is 2.20. The first kappa shape index (κ1) is 9.57. The van der Waals surface area contributed by atoms with Crippen molar-refractivity contribution in [2.75, 3.05) is 7.05 Å². The fraction of sp³-hybridized carbons (Fsp3) is 0.545. The summed E-state index contributed by atoms with van der Waals surface area (Å²) in [5.41, 5.74) is -0.722. The van der Waals surface area contributed by atoms with Crippen LogP contribution in [-0.2, 0) is 19.1 Å². The molecule has 0 aromatic rings. The number of ether oxygens (including phenoxy) is 1. The number of fused-ring (bicyclic) bond motifs is 1. The topological polar surface area (TPSA) is 63.7 Å². The maximum absolute atomic E-state index is 11.9. The molecule has 1 amide bonds. The smallest absolute Gasteiger partial charge is 0.320 e. The van der Waals surface area contributed by atoms with E-state index in [4.69, 9.17) is 0 Å². The van der Waals surface area contributed by atoms with Crippen molar-refractivity contribution in [3.63, 3.8) is 0 Å². The van der Waals surface area contributed by atoms with Crippen LogP contribution in [0.1, 0.15) is 6.92 Å². The Bertz CT molecular complexity index is 455. The Kier molecular flexibility index (Phi) is 1.51. The highest BCUT2D eigenvalue weighted by atomic mass is 16.6. The van der Waals surface area contributed by atoms with E-state index in [-0.39, 0.29) is 5.91 Å². The Morgan fingerprint density at radius 3 is 2.69 bits per heavy atom. The summed E-state index contributed by atoms with van der Waals surface area (Å²) >= 11 is 0. The summed E-state index contributed by atoms with van der Waals surface area (Å²) in [4.78, 5) is 36.7. The van der Waals surface area contributed by atoms with E-state index in [9.17, 15) is 14.4 Å². The van der Waals surface area contributed by atoms with Crippen LogP contribution >= 0.6 is 0 Å². The largest absolute Gasteiger partial charge is 0.393 e. The molecular formula is C11H11NO4. The van der Waals surface area contributed by atoms with Gasteiger partial charge < -0.3 is 9.64 Å². The molecule has 0 aromatic carbocycles. The second-order valence-electron chi connectivity index (χ2n) is 4.75. The fourth-order valence-electron chi connectivity index (χ4n) is 3.01. The third kappa shape index (κ3) is 0.809. The number of amides is 1. The average molecular weight is 221 g/mol. The molecule has 0 unspecified atom stereocenters. The van der Waals surface area contributed by atoms with Gasteiger partial charge in [-0.3, -0.25) is 14.4 Å². The van der Waals surface area contributed by atoms with Crippen LogP contribution < -0.4 is 0 Å². The van der Waals surface area contributed by atoms with Gasteiger partial charge >= 0.3 is 11.9 Å². The Morgan fingerprint density at radius 2 is 2.00 bits per heavy atom. The van der Waals surface area contributed by atoms with E-state index in [1.54, 1.807) is 24.9 Å². The Morgan fingerprint density at radius 1 is 1.31 bits per heavy atom. The first-order chi connectivity index (χ1) is 7.47. The lowest BCUT2D eigenvalue weighted by Gasteiger charge is -2.51. The van der Waals surface area contributed by atoms with Crippen LogP contribution in [0.15, 0.2) is 12.2 Å². The lowest BCUT2D eigenvalue weighted by molar-refractivity contribution is -0.155. The molecule has 2 bridgehead atoms. The van der Waals surface area contributed by atoms with E-state index in [1.165, 1.54) is 0 Å². The summed E-state index contributed by atoms with van der Waals surface area (Å²) in [5, 5.41) is 0. The van der Waals surface area contributed by atoms with Crippen LogP contribution in [0.4, 0.5) is 0 Å². The van der Waals surface area contributed by atoms with Crippen molar-refractivity contribution in [3.05, 3.63) is 12.2 Å². The molecule has 84 valence electrons. The summed E-state index contributed by atoms with van der Waals surface area (Å²) in [7, 11) is 1.66. The van der Waals surface area contributed by atoms with Crippen LogP contribution in [0, 0.1) is 17.8 Å². The molecule has 0 N–H and O–H groups in total. The van der Waals surface area contributed by atoms with Gasteiger partial charge in [0.1, 0.15) is 0 Å². The normalized spacial score (nSPS) is 45.0. The molecule has 4 aliphatic rings. The summed E-state index contributed by atoms with van der Waals surface area (Å²) in [6, 6.07) is 0. The van der Waals surface area contributed by atoms with Gasteiger partial charge in [-0.25, -0.2) is 0 Å². The molecular weight excluding hydrogens is 210 g/mol. The number of piperidine rings is 1. The van der Waals surface area contributed by atoms with Gasteiger partial charge in [-0.05, 0) is 6.92 Å². The number of cyclic esters (lactones) is 2. The highest BCUT2D eigenvalue weighted by Crippen LogP contribution is 2.49. The third-order valence-corrected chi connectivity index (χ3v) is 4.08. The minimum Gasteiger partial charge on any atom is -0.393 e. The van der Waals surface area contributed by atoms with Crippen molar-refractivity contribution in [1.29, 1.82) is 0 Å². The van der Waals surface area contributed by atoms with Gasteiger partial charge in [0.15, 0.2) is 0 Å². The molecule has 0 spiro atoms. The van der Waals surface area contributed by atoms with Gasteiger partial charge in [0.2, 0.25) is 5.91 Å². The second-order valence-corrected chi connectivity index (χ2v) is 4.75. The van der Waals surface area contributed by atoms with E-state index in [1.807, 2.05) is 6.08 Å².